The number of ether oxygens (including phenoxy) is 1. The number of hydrogen-bond donors (Lipinski definition) is 2. The fraction of sp³-hybridized carbons (Fsp3) is 0.250. The van der Waals surface area contributed by atoms with Gasteiger partial charge in [0.25, 0.3) is 5.56 Å². The number of aromatic nitrogens is 2. The molecule has 7 nitrogen and oxygen atoms in total. The Morgan fingerprint density at radius 1 is 1.32 bits per heavy atom. The molecule has 3 aromatic rings. The zero-order chi connectivity index (χ0) is 20.4. The Morgan fingerprint density at radius 2 is 2.07 bits per heavy atom. The second-order valence-corrected chi connectivity index (χ2v) is 6.31. The topological polar surface area (TPSA) is 107 Å². The summed E-state index contributed by atoms with van der Waals surface area (Å²) in [7, 11) is 1.49. The first kappa shape index (κ1) is 19.5. The summed E-state index contributed by atoms with van der Waals surface area (Å²) in [6.45, 7) is 1.87. The molecule has 0 fully saturated rings. The highest BCUT2D eigenvalue weighted by Gasteiger charge is 2.23. The van der Waals surface area contributed by atoms with Crippen LogP contribution in [0.3, 0.4) is 0 Å². The summed E-state index contributed by atoms with van der Waals surface area (Å²) in [4.78, 5) is 28.8. The molecule has 146 valence electrons. The van der Waals surface area contributed by atoms with Crippen molar-refractivity contribution in [3.8, 4) is 5.75 Å². The number of nitrogens with two attached hydrogens (primary N) is 1. The first-order valence-electron chi connectivity index (χ1n) is 8.72. The van der Waals surface area contributed by atoms with Crippen LogP contribution in [0, 0.1) is 5.82 Å². The van der Waals surface area contributed by atoms with E-state index in [9.17, 15) is 19.1 Å². The maximum Gasteiger partial charge on any atom is 0.347 e. The van der Waals surface area contributed by atoms with Crippen molar-refractivity contribution >= 4 is 17.0 Å². The molecule has 2 aromatic heterocycles. The standard InChI is InChI=1S/C20H20FN3O4/c1-3-28-20(27)16-18(25)17-15(24(2)19(16)26)7-11(10-23-17)6-12-4-5-14(21)8-13(12)9-22/h4-5,7-8,10,25H,3,6,9,22H2,1-2H3. The maximum atomic E-state index is 13.4. The molecule has 2 heterocycles. The fourth-order valence-corrected chi connectivity index (χ4v) is 3.09. The number of fused-ring (bicyclic) bond motifs is 1. The average Bonchev–Trinajstić information content (AvgIpc) is 2.68. The number of hydrogen-bond acceptors (Lipinski definition) is 6. The van der Waals surface area contributed by atoms with Crippen LogP contribution in [0.5, 0.6) is 5.75 Å². The molecule has 0 radical (unpaired) electrons. The van der Waals surface area contributed by atoms with E-state index in [0.29, 0.717) is 17.5 Å². The number of carbonyl (C=O) groups is 1. The van der Waals surface area contributed by atoms with Gasteiger partial charge in [-0.25, -0.2) is 9.18 Å². The Bertz CT molecular complexity index is 1120. The van der Waals surface area contributed by atoms with Crippen molar-refractivity contribution in [1.29, 1.82) is 0 Å². The minimum Gasteiger partial charge on any atom is -0.505 e. The van der Waals surface area contributed by atoms with Gasteiger partial charge < -0.3 is 20.1 Å². The Kier molecular flexibility index (Phi) is 5.41. The van der Waals surface area contributed by atoms with Crippen LogP contribution in [-0.2, 0) is 24.8 Å². The maximum absolute atomic E-state index is 13.4. The number of aryl methyl sites for hydroxylation is 1. The first-order valence-corrected chi connectivity index (χ1v) is 8.72. The van der Waals surface area contributed by atoms with Crippen molar-refractivity contribution in [2.45, 2.75) is 19.9 Å². The monoisotopic (exact) mass is 385 g/mol. The summed E-state index contributed by atoms with van der Waals surface area (Å²) in [5.74, 6) is -1.76. The van der Waals surface area contributed by atoms with Gasteiger partial charge in [0.05, 0.1) is 12.1 Å². The molecule has 1 aromatic carbocycles. The van der Waals surface area contributed by atoms with Gasteiger partial charge in [0, 0.05) is 19.8 Å². The smallest absolute Gasteiger partial charge is 0.347 e. The van der Waals surface area contributed by atoms with Crippen molar-refractivity contribution in [2.75, 3.05) is 6.61 Å². The highest BCUT2D eigenvalue weighted by Crippen LogP contribution is 2.26. The molecule has 0 saturated carbocycles. The van der Waals surface area contributed by atoms with Crippen LogP contribution in [-0.4, -0.2) is 27.2 Å². The Labute approximate surface area is 160 Å². The number of nitrogens with zero attached hydrogens (tertiary/aromatic N) is 2. The molecular formula is C20H20FN3O4. The van der Waals surface area contributed by atoms with Crippen molar-refractivity contribution < 1.29 is 19.0 Å². The van der Waals surface area contributed by atoms with Crippen LogP contribution < -0.4 is 11.3 Å². The SMILES string of the molecule is CCOC(=O)c1c(O)c2ncc(Cc3ccc(F)cc3CN)cc2n(C)c1=O. The zero-order valence-corrected chi connectivity index (χ0v) is 15.5. The summed E-state index contributed by atoms with van der Waals surface area (Å²) in [6.07, 6.45) is 1.95. The molecule has 0 unspecified atom stereocenters. The molecule has 0 saturated heterocycles. The van der Waals surface area contributed by atoms with Gasteiger partial charge in [-0.1, -0.05) is 6.07 Å². The summed E-state index contributed by atoms with van der Waals surface area (Å²) < 4.78 is 19.5. The number of esters is 1. The molecule has 0 amide bonds. The Morgan fingerprint density at radius 3 is 2.75 bits per heavy atom. The van der Waals surface area contributed by atoms with Gasteiger partial charge >= 0.3 is 5.97 Å². The third kappa shape index (κ3) is 3.46. The third-order valence-corrected chi connectivity index (χ3v) is 4.53. The summed E-state index contributed by atoms with van der Waals surface area (Å²) in [6, 6.07) is 6.09. The average molecular weight is 385 g/mol. The van der Waals surface area contributed by atoms with E-state index < -0.39 is 22.8 Å². The molecule has 28 heavy (non-hydrogen) atoms. The second kappa shape index (κ2) is 7.77. The van der Waals surface area contributed by atoms with Gasteiger partial charge in [0.1, 0.15) is 11.3 Å². The number of carbonyl (C=O) groups excluding carboxylic acids is 1. The molecule has 0 aliphatic rings. The van der Waals surface area contributed by atoms with Crippen LogP contribution >= 0.6 is 0 Å². The predicted octanol–water partition coefficient (Wildman–Crippen LogP) is 2.00. The highest BCUT2D eigenvalue weighted by atomic mass is 19.1. The summed E-state index contributed by atoms with van der Waals surface area (Å²) >= 11 is 0. The van der Waals surface area contributed by atoms with E-state index in [0.717, 1.165) is 11.1 Å². The fourth-order valence-electron chi connectivity index (χ4n) is 3.09. The number of halogens is 1. The molecular weight excluding hydrogens is 365 g/mol. The second-order valence-electron chi connectivity index (χ2n) is 6.31. The van der Waals surface area contributed by atoms with Crippen LogP contribution in [0.2, 0.25) is 0 Å². The lowest BCUT2D eigenvalue weighted by molar-refractivity contribution is 0.0520. The van der Waals surface area contributed by atoms with E-state index >= 15 is 0 Å². The summed E-state index contributed by atoms with van der Waals surface area (Å²) in [5.41, 5.74) is 7.31. The van der Waals surface area contributed by atoms with Crippen LogP contribution in [0.15, 0.2) is 35.3 Å². The predicted molar refractivity (Wildman–Crippen MR) is 102 cm³/mol. The normalized spacial score (nSPS) is 11.0. The lowest BCUT2D eigenvalue weighted by atomic mass is 10.00. The quantitative estimate of drug-likeness (QED) is 0.651. The Hall–Kier alpha value is -3.26. The zero-order valence-electron chi connectivity index (χ0n) is 15.5. The van der Waals surface area contributed by atoms with E-state index in [4.69, 9.17) is 10.5 Å². The minimum atomic E-state index is -0.896. The van der Waals surface area contributed by atoms with Crippen LogP contribution in [0.1, 0.15) is 34.0 Å². The van der Waals surface area contributed by atoms with Gasteiger partial charge in [-0.2, -0.15) is 0 Å². The van der Waals surface area contributed by atoms with E-state index in [-0.39, 0.29) is 24.5 Å². The van der Waals surface area contributed by atoms with Gasteiger partial charge in [0.15, 0.2) is 11.3 Å². The molecule has 3 rings (SSSR count). The van der Waals surface area contributed by atoms with E-state index in [1.54, 1.807) is 19.1 Å². The van der Waals surface area contributed by atoms with Gasteiger partial charge in [0.2, 0.25) is 0 Å². The van der Waals surface area contributed by atoms with Gasteiger partial charge in [-0.05, 0) is 48.2 Å². The minimum absolute atomic E-state index is 0.0764. The van der Waals surface area contributed by atoms with Gasteiger partial charge in [-0.15, -0.1) is 0 Å². The lowest BCUT2D eigenvalue weighted by Crippen LogP contribution is -2.26. The molecule has 0 spiro atoms. The number of rotatable bonds is 5. The molecule has 8 heteroatoms. The van der Waals surface area contributed by atoms with Crippen LogP contribution in [0.25, 0.3) is 11.0 Å². The van der Waals surface area contributed by atoms with Crippen molar-refractivity contribution in [1.82, 2.24) is 9.55 Å². The van der Waals surface area contributed by atoms with E-state index in [1.807, 2.05) is 0 Å². The summed E-state index contributed by atoms with van der Waals surface area (Å²) in [5, 5.41) is 10.4. The lowest BCUT2D eigenvalue weighted by Gasteiger charge is -2.13. The number of benzene rings is 1. The van der Waals surface area contributed by atoms with Crippen molar-refractivity contribution in [3.63, 3.8) is 0 Å². The molecule has 0 atom stereocenters. The molecule has 0 bridgehead atoms. The Balaban J connectivity index is 2.10. The van der Waals surface area contributed by atoms with E-state index in [1.165, 1.54) is 29.9 Å². The molecule has 3 N–H and O–H groups in total. The highest BCUT2D eigenvalue weighted by molar-refractivity contribution is 5.98. The van der Waals surface area contributed by atoms with Crippen molar-refractivity contribution in [2.24, 2.45) is 12.8 Å². The molecule has 0 aliphatic heterocycles. The molecule has 0 aliphatic carbocycles. The first-order chi connectivity index (χ1) is 13.4. The number of pyridine rings is 2. The van der Waals surface area contributed by atoms with Crippen molar-refractivity contribution in [3.05, 3.63) is 68.9 Å². The number of aromatic hydroxyl groups is 1. The largest absolute Gasteiger partial charge is 0.505 e. The van der Waals surface area contributed by atoms with Gasteiger partial charge in [-0.3, -0.25) is 9.78 Å². The van der Waals surface area contributed by atoms with Crippen LogP contribution in [0.4, 0.5) is 4.39 Å². The van der Waals surface area contributed by atoms with E-state index in [2.05, 4.69) is 4.98 Å². The third-order valence-electron chi connectivity index (χ3n) is 4.53.